The predicted molar refractivity (Wildman–Crippen MR) is 107 cm³/mol. The van der Waals surface area contributed by atoms with Crippen molar-refractivity contribution in [2.24, 2.45) is 0 Å². The quantitative estimate of drug-likeness (QED) is 0.403. The zero-order valence-electron chi connectivity index (χ0n) is 13.8. The number of benzene rings is 2. The minimum absolute atomic E-state index is 0.234. The van der Waals surface area contributed by atoms with Crippen molar-refractivity contribution < 1.29 is 9.47 Å². The van der Waals surface area contributed by atoms with Crippen LogP contribution < -0.4 is 4.74 Å². The molecule has 3 rings (SSSR count). The molecule has 1 heterocycles. The second-order valence-corrected chi connectivity index (χ2v) is 7.35. The molecule has 4 nitrogen and oxygen atoms in total. The summed E-state index contributed by atoms with van der Waals surface area (Å²) < 4.78 is 14.7. The summed E-state index contributed by atoms with van der Waals surface area (Å²) in [6, 6.07) is 13.1. The molecule has 0 spiro atoms. The van der Waals surface area contributed by atoms with E-state index in [-0.39, 0.29) is 6.10 Å². The SMILES string of the molecule is Clc1ccc(C(Cn2ccnc2)OCCOc2ccc(Br)cc2)c(Cl)c1. The zero-order valence-corrected chi connectivity index (χ0v) is 16.9. The molecule has 0 aliphatic carbocycles. The molecule has 0 aliphatic rings. The van der Waals surface area contributed by atoms with Crippen LogP contribution in [-0.2, 0) is 11.3 Å². The van der Waals surface area contributed by atoms with Crippen LogP contribution in [0.25, 0.3) is 0 Å². The molecule has 1 atom stereocenters. The summed E-state index contributed by atoms with van der Waals surface area (Å²) in [6.07, 6.45) is 5.14. The molecule has 0 amide bonds. The minimum Gasteiger partial charge on any atom is -0.491 e. The van der Waals surface area contributed by atoms with Crippen molar-refractivity contribution in [3.8, 4) is 5.75 Å². The van der Waals surface area contributed by atoms with E-state index >= 15 is 0 Å². The summed E-state index contributed by atoms with van der Waals surface area (Å²) in [5, 5.41) is 1.18. The Labute approximate surface area is 170 Å². The second-order valence-electron chi connectivity index (χ2n) is 5.59. The molecule has 0 bridgehead atoms. The maximum atomic E-state index is 6.36. The van der Waals surface area contributed by atoms with Crippen LogP contribution in [0.1, 0.15) is 11.7 Å². The first-order valence-electron chi connectivity index (χ1n) is 8.02. The lowest BCUT2D eigenvalue weighted by molar-refractivity contribution is 0.0227. The van der Waals surface area contributed by atoms with Crippen LogP contribution in [0, 0.1) is 0 Å². The van der Waals surface area contributed by atoms with Gasteiger partial charge in [-0.15, -0.1) is 0 Å². The largest absolute Gasteiger partial charge is 0.491 e. The molecule has 1 aromatic heterocycles. The van der Waals surface area contributed by atoms with Gasteiger partial charge < -0.3 is 14.0 Å². The van der Waals surface area contributed by atoms with Gasteiger partial charge in [0.25, 0.3) is 0 Å². The number of imidazole rings is 1. The maximum absolute atomic E-state index is 6.36. The van der Waals surface area contributed by atoms with Gasteiger partial charge in [-0.1, -0.05) is 45.2 Å². The molecule has 3 aromatic rings. The zero-order chi connectivity index (χ0) is 18.4. The normalized spacial score (nSPS) is 12.1. The van der Waals surface area contributed by atoms with Crippen LogP contribution in [-0.4, -0.2) is 22.8 Å². The van der Waals surface area contributed by atoms with Gasteiger partial charge in [-0.2, -0.15) is 0 Å². The lowest BCUT2D eigenvalue weighted by atomic mass is 10.1. The fourth-order valence-electron chi connectivity index (χ4n) is 2.47. The summed E-state index contributed by atoms with van der Waals surface area (Å²) in [4.78, 5) is 4.07. The average molecular weight is 456 g/mol. The van der Waals surface area contributed by atoms with Crippen molar-refractivity contribution >= 4 is 39.1 Å². The second kappa shape index (κ2) is 9.42. The highest BCUT2D eigenvalue weighted by Crippen LogP contribution is 2.29. The van der Waals surface area contributed by atoms with Crippen LogP contribution in [0.2, 0.25) is 10.0 Å². The molecule has 1 unspecified atom stereocenters. The predicted octanol–water partition coefficient (Wildman–Crippen LogP) is 5.79. The lowest BCUT2D eigenvalue weighted by Crippen LogP contribution is -2.16. The molecular formula is C19H17BrCl2N2O2. The molecule has 7 heteroatoms. The van der Waals surface area contributed by atoms with Gasteiger partial charge >= 0.3 is 0 Å². The highest BCUT2D eigenvalue weighted by atomic mass is 79.9. The van der Waals surface area contributed by atoms with Gasteiger partial charge in [0.1, 0.15) is 18.5 Å². The van der Waals surface area contributed by atoms with Crippen molar-refractivity contribution in [2.75, 3.05) is 13.2 Å². The smallest absolute Gasteiger partial charge is 0.119 e. The van der Waals surface area contributed by atoms with Crippen molar-refractivity contribution in [1.29, 1.82) is 0 Å². The Morgan fingerprint density at radius 3 is 2.58 bits per heavy atom. The van der Waals surface area contributed by atoms with E-state index in [0.29, 0.717) is 29.8 Å². The Morgan fingerprint density at radius 1 is 1.08 bits per heavy atom. The molecule has 136 valence electrons. The van der Waals surface area contributed by atoms with E-state index in [4.69, 9.17) is 32.7 Å². The Balaban J connectivity index is 1.62. The molecule has 0 saturated heterocycles. The van der Waals surface area contributed by atoms with Gasteiger partial charge in [-0.25, -0.2) is 4.98 Å². The lowest BCUT2D eigenvalue weighted by Gasteiger charge is -2.20. The monoisotopic (exact) mass is 454 g/mol. The first-order chi connectivity index (χ1) is 12.6. The molecule has 0 N–H and O–H groups in total. The van der Waals surface area contributed by atoms with Crippen LogP contribution in [0.15, 0.2) is 65.7 Å². The molecule has 0 aliphatic heterocycles. The summed E-state index contributed by atoms with van der Waals surface area (Å²) in [5.74, 6) is 0.799. The van der Waals surface area contributed by atoms with Crippen LogP contribution in [0.3, 0.4) is 0 Å². The van der Waals surface area contributed by atoms with Gasteiger partial charge in [0, 0.05) is 32.5 Å². The van der Waals surface area contributed by atoms with Crippen LogP contribution >= 0.6 is 39.1 Å². The number of aromatic nitrogens is 2. The summed E-state index contributed by atoms with van der Waals surface area (Å²) in [6.45, 7) is 1.46. The molecule has 0 fully saturated rings. The molecule has 0 radical (unpaired) electrons. The fraction of sp³-hybridized carbons (Fsp3) is 0.211. The molecule has 2 aromatic carbocycles. The minimum atomic E-state index is -0.234. The fourth-order valence-corrected chi connectivity index (χ4v) is 3.26. The van der Waals surface area contributed by atoms with E-state index in [1.54, 1.807) is 18.6 Å². The van der Waals surface area contributed by atoms with Gasteiger partial charge in [-0.3, -0.25) is 0 Å². The molecule has 0 saturated carbocycles. The Bertz CT molecular complexity index is 826. The Kier molecular flexibility index (Phi) is 6.97. The Hall–Kier alpha value is -1.53. The third-order valence-corrected chi connectivity index (χ3v) is 4.82. The van der Waals surface area contributed by atoms with Gasteiger partial charge in [0.2, 0.25) is 0 Å². The van der Waals surface area contributed by atoms with E-state index in [1.807, 2.05) is 47.2 Å². The highest BCUT2D eigenvalue weighted by Gasteiger charge is 2.16. The van der Waals surface area contributed by atoms with E-state index in [0.717, 1.165) is 15.8 Å². The van der Waals surface area contributed by atoms with Crippen molar-refractivity contribution in [3.05, 3.63) is 81.3 Å². The van der Waals surface area contributed by atoms with E-state index in [9.17, 15) is 0 Å². The van der Waals surface area contributed by atoms with Crippen molar-refractivity contribution in [3.63, 3.8) is 0 Å². The number of hydrogen-bond acceptors (Lipinski definition) is 3. The third kappa shape index (κ3) is 5.48. The number of nitrogens with zero attached hydrogens (tertiary/aromatic N) is 2. The first kappa shape index (κ1) is 19.2. The Morgan fingerprint density at radius 2 is 1.88 bits per heavy atom. The maximum Gasteiger partial charge on any atom is 0.119 e. The van der Waals surface area contributed by atoms with Crippen molar-refractivity contribution in [2.45, 2.75) is 12.6 Å². The number of rotatable bonds is 8. The number of halogens is 3. The standard InChI is InChI=1S/C19H17BrCl2N2O2/c20-14-1-4-16(5-2-14)25-9-10-26-19(12-24-8-7-23-13-24)17-6-3-15(21)11-18(17)22/h1-8,11,13,19H,9-10,12H2. The summed E-state index contributed by atoms with van der Waals surface area (Å²) in [5.41, 5.74) is 0.883. The highest BCUT2D eigenvalue weighted by molar-refractivity contribution is 9.10. The average Bonchev–Trinajstić information content (AvgIpc) is 3.12. The van der Waals surface area contributed by atoms with E-state index < -0.39 is 0 Å². The number of hydrogen-bond donors (Lipinski definition) is 0. The third-order valence-electron chi connectivity index (χ3n) is 3.73. The van der Waals surface area contributed by atoms with E-state index in [2.05, 4.69) is 20.9 Å². The van der Waals surface area contributed by atoms with Gasteiger partial charge in [-0.05, 0) is 36.4 Å². The molecular weight excluding hydrogens is 439 g/mol. The van der Waals surface area contributed by atoms with Crippen LogP contribution in [0.4, 0.5) is 0 Å². The first-order valence-corrected chi connectivity index (χ1v) is 9.57. The van der Waals surface area contributed by atoms with Crippen molar-refractivity contribution in [1.82, 2.24) is 9.55 Å². The topological polar surface area (TPSA) is 36.3 Å². The summed E-state index contributed by atoms with van der Waals surface area (Å²) >= 11 is 15.8. The van der Waals surface area contributed by atoms with Gasteiger partial charge in [0.05, 0.1) is 19.5 Å². The van der Waals surface area contributed by atoms with Crippen LogP contribution in [0.5, 0.6) is 5.75 Å². The number of ether oxygens (including phenoxy) is 2. The molecule has 26 heavy (non-hydrogen) atoms. The summed E-state index contributed by atoms with van der Waals surface area (Å²) in [7, 11) is 0. The van der Waals surface area contributed by atoms with E-state index in [1.165, 1.54) is 0 Å². The van der Waals surface area contributed by atoms with Gasteiger partial charge in [0.15, 0.2) is 0 Å².